The Kier molecular flexibility index (Phi) is 4.55. The molecule has 1 heterocycles. The highest BCUT2D eigenvalue weighted by Crippen LogP contribution is 2.20. The molecule has 4 nitrogen and oxygen atoms in total. The molecule has 1 aliphatic rings. The minimum atomic E-state index is -1.21. The topological polar surface area (TPSA) is 69.6 Å². The van der Waals surface area contributed by atoms with Gasteiger partial charge in [-0.05, 0) is 25.9 Å². The first kappa shape index (κ1) is 10.8. The fourth-order valence-electron chi connectivity index (χ4n) is 1.26. The van der Waals surface area contributed by atoms with Crippen molar-refractivity contribution in [3.8, 4) is 0 Å². The summed E-state index contributed by atoms with van der Waals surface area (Å²) >= 11 is 1.56. The van der Waals surface area contributed by atoms with Crippen LogP contribution in [0.3, 0.4) is 0 Å². The van der Waals surface area contributed by atoms with Crippen LogP contribution in [-0.2, 0) is 4.79 Å². The number of nitrogens with one attached hydrogen (secondary N) is 1. The first-order valence-corrected chi connectivity index (χ1v) is 5.48. The second kappa shape index (κ2) is 5.47. The van der Waals surface area contributed by atoms with E-state index in [4.69, 9.17) is 10.2 Å². The molecule has 1 aliphatic heterocycles. The summed E-state index contributed by atoms with van der Waals surface area (Å²) < 4.78 is 0. The van der Waals surface area contributed by atoms with E-state index in [0.29, 0.717) is 11.0 Å². The Morgan fingerprint density at radius 1 is 1.54 bits per heavy atom. The molecule has 0 radical (unpaired) electrons. The highest BCUT2D eigenvalue weighted by atomic mass is 32.2. The number of carboxylic acids is 1. The second-order valence-corrected chi connectivity index (χ2v) is 4.47. The maximum absolute atomic E-state index is 10.3. The van der Waals surface area contributed by atoms with Crippen LogP contribution in [0.1, 0.15) is 12.8 Å². The Balaban J connectivity index is 2.13. The van der Waals surface area contributed by atoms with Gasteiger partial charge in [-0.1, -0.05) is 0 Å². The third kappa shape index (κ3) is 3.97. The van der Waals surface area contributed by atoms with Crippen LogP contribution in [0.25, 0.3) is 0 Å². The van der Waals surface area contributed by atoms with Gasteiger partial charge in [0.15, 0.2) is 6.10 Å². The first-order valence-electron chi connectivity index (χ1n) is 4.43. The SMILES string of the molecule is O=C(O)C(O)CSC1CCNCC1. The molecule has 1 atom stereocenters. The molecule has 0 saturated carbocycles. The number of aliphatic carboxylic acids is 1. The third-order valence-electron chi connectivity index (χ3n) is 2.06. The van der Waals surface area contributed by atoms with Gasteiger partial charge >= 0.3 is 5.97 Å². The molecule has 1 unspecified atom stereocenters. The van der Waals surface area contributed by atoms with Crippen molar-refractivity contribution < 1.29 is 15.0 Å². The summed E-state index contributed by atoms with van der Waals surface area (Å²) in [7, 11) is 0. The van der Waals surface area contributed by atoms with Crippen molar-refractivity contribution in [2.24, 2.45) is 0 Å². The van der Waals surface area contributed by atoms with Crippen molar-refractivity contribution in [3.63, 3.8) is 0 Å². The van der Waals surface area contributed by atoms with Gasteiger partial charge in [0.05, 0.1) is 0 Å². The number of aliphatic hydroxyl groups is 1. The van der Waals surface area contributed by atoms with Gasteiger partial charge in [-0.3, -0.25) is 0 Å². The number of piperidine rings is 1. The van der Waals surface area contributed by atoms with Crippen LogP contribution in [0, 0.1) is 0 Å². The standard InChI is InChI=1S/C8H15NO3S/c10-7(8(11)12)5-13-6-1-3-9-4-2-6/h6-7,9-10H,1-5H2,(H,11,12). The van der Waals surface area contributed by atoms with Crippen LogP contribution in [0.15, 0.2) is 0 Å². The highest BCUT2D eigenvalue weighted by Gasteiger charge is 2.18. The van der Waals surface area contributed by atoms with Crippen LogP contribution in [0.5, 0.6) is 0 Å². The molecule has 76 valence electrons. The van der Waals surface area contributed by atoms with Gasteiger partial charge < -0.3 is 15.5 Å². The Bertz CT molecular complexity index is 171. The van der Waals surface area contributed by atoms with E-state index in [-0.39, 0.29) is 0 Å². The zero-order chi connectivity index (χ0) is 9.68. The summed E-state index contributed by atoms with van der Waals surface area (Å²) in [6.07, 6.45) is 0.925. The number of aliphatic hydroxyl groups excluding tert-OH is 1. The van der Waals surface area contributed by atoms with Crippen LogP contribution >= 0.6 is 11.8 Å². The zero-order valence-corrected chi connectivity index (χ0v) is 8.22. The smallest absolute Gasteiger partial charge is 0.333 e. The summed E-state index contributed by atoms with van der Waals surface area (Å²) in [5.74, 6) is -0.818. The monoisotopic (exact) mass is 205 g/mol. The zero-order valence-electron chi connectivity index (χ0n) is 7.40. The lowest BCUT2D eigenvalue weighted by Gasteiger charge is -2.22. The molecule has 1 fully saturated rings. The second-order valence-electron chi connectivity index (χ2n) is 3.14. The van der Waals surface area contributed by atoms with Crippen molar-refractivity contribution >= 4 is 17.7 Å². The largest absolute Gasteiger partial charge is 0.479 e. The lowest BCUT2D eigenvalue weighted by atomic mass is 10.2. The van der Waals surface area contributed by atoms with Gasteiger partial charge in [0.25, 0.3) is 0 Å². The lowest BCUT2D eigenvalue weighted by molar-refractivity contribution is -0.145. The molecule has 1 rings (SSSR count). The number of rotatable bonds is 4. The van der Waals surface area contributed by atoms with E-state index in [1.54, 1.807) is 11.8 Å². The molecule has 1 saturated heterocycles. The molecule has 5 heteroatoms. The summed E-state index contributed by atoms with van der Waals surface area (Å²) in [6, 6.07) is 0. The Labute approximate surface area is 81.7 Å². The Hall–Kier alpha value is -0.260. The fraction of sp³-hybridized carbons (Fsp3) is 0.875. The van der Waals surface area contributed by atoms with Gasteiger partial charge in [0.2, 0.25) is 0 Å². The number of carbonyl (C=O) groups is 1. The average Bonchev–Trinajstić information content (AvgIpc) is 2.15. The predicted molar refractivity (Wildman–Crippen MR) is 52.0 cm³/mol. The van der Waals surface area contributed by atoms with Crippen molar-refractivity contribution in [3.05, 3.63) is 0 Å². The van der Waals surface area contributed by atoms with Crippen LogP contribution in [0.4, 0.5) is 0 Å². The minimum absolute atomic E-state index is 0.306. The number of thioether (sulfide) groups is 1. The molecule has 3 N–H and O–H groups in total. The maximum atomic E-state index is 10.3. The minimum Gasteiger partial charge on any atom is -0.479 e. The van der Waals surface area contributed by atoms with Gasteiger partial charge in [0.1, 0.15) is 0 Å². The number of hydrogen-bond acceptors (Lipinski definition) is 4. The van der Waals surface area contributed by atoms with E-state index in [9.17, 15) is 4.79 Å². The van der Waals surface area contributed by atoms with E-state index in [1.165, 1.54) is 0 Å². The van der Waals surface area contributed by atoms with Gasteiger partial charge in [-0.25, -0.2) is 4.79 Å². The van der Waals surface area contributed by atoms with E-state index in [2.05, 4.69) is 5.32 Å². The highest BCUT2D eigenvalue weighted by molar-refractivity contribution is 7.99. The van der Waals surface area contributed by atoms with Gasteiger partial charge in [-0.2, -0.15) is 11.8 Å². The van der Waals surface area contributed by atoms with Gasteiger partial charge in [-0.15, -0.1) is 0 Å². The van der Waals surface area contributed by atoms with Crippen LogP contribution in [0.2, 0.25) is 0 Å². The molecule has 0 spiro atoms. The summed E-state index contributed by atoms with van der Waals surface area (Å²) in [6.45, 7) is 2.00. The van der Waals surface area contributed by atoms with Crippen LogP contribution < -0.4 is 5.32 Å². The predicted octanol–water partition coefficient (Wildman–Crippen LogP) is -0.0829. The number of carboxylic acid groups (broad SMARTS) is 1. The molecule has 0 aromatic heterocycles. The first-order chi connectivity index (χ1) is 6.20. The molecular weight excluding hydrogens is 190 g/mol. The lowest BCUT2D eigenvalue weighted by Crippen LogP contribution is -2.31. The van der Waals surface area contributed by atoms with Crippen molar-refractivity contribution in [2.45, 2.75) is 24.2 Å². The van der Waals surface area contributed by atoms with Gasteiger partial charge in [0, 0.05) is 11.0 Å². The van der Waals surface area contributed by atoms with E-state index in [1.807, 2.05) is 0 Å². The Morgan fingerprint density at radius 2 is 2.15 bits per heavy atom. The summed E-state index contributed by atoms with van der Waals surface area (Å²) in [5.41, 5.74) is 0. The Morgan fingerprint density at radius 3 is 2.69 bits per heavy atom. The molecule has 13 heavy (non-hydrogen) atoms. The van der Waals surface area contributed by atoms with E-state index < -0.39 is 12.1 Å². The third-order valence-corrected chi connectivity index (χ3v) is 3.51. The van der Waals surface area contributed by atoms with Crippen molar-refractivity contribution in [2.75, 3.05) is 18.8 Å². The fourth-order valence-corrected chi connectivity index (χ4v) is 2.43. The average molecular weight is 205 g/mol. The van der Waals surface area contributed by atoms with E-state index in [0.717, 1.165) is 25.9 Å². The molecule has 0 amide bonds. The molecule has 0 bridgehead atoms. The maximum Gasteiger partial charge on any atom is 0.333 e. The molecular formula is C8H15NO3S. The van der Waals surface area contributed by atoms with Crippen molar-refractivity contribution in [1.29, 1.82) is 0 Å². The van der Waals surface area contributed by atoms with Crippen LogP contribution in [-0.4, -0.2) is 46.4 Å². The number of hydrogen-bond donors (Lipinski definition) is 3. The normalized spacial score (nSPS) is 21.3. The van der Waals surface area contributed by atoms with Crippen molar-refractivity contribution in [1.82, 2.24) is 5.32 Å². The quantitative estimate of drug-likeness (QED) is 0.599. The summed E-state index contributed by atoms with van der Waals surface area (Å²) in [4.78, 5) is 10.3. The summed E-state index contributed by atoms with van der Waals surface area (Å²) in [5, 5.41) is 21.2. The molecule has 0 aromatic rings. The van der Waals surface area contributed by atoms with E-state index >= 15 is 0 Å². The molecule has 0 aromatic carbocycles. The molecule has 0 aliphatic carbocycles.